The van der Waals surface area contributed by atoms with E-state index in [0.29, 0.717) is 30.0 Å². The molecule has 3 rings (SSSR count). The number of phenols is 1. The van der Waals surface area contributed by atoms with Crippen LogP contribution in [0.15, 0.2) is 66.7 Å². The lowest BCUT2D eigenvalue weighted by atomic mass is 10.1. The number of hydrogen-bond acceptors (Lipinski definition) is 4. The Morgan fingerprint density at radius 2 is 1.80 bits per heavy atom. The lowest BCUT2D eigenvalue weighted by Gasteiger charge is -2.07. The Kier molecular flexibility index (Phi) is 4.95. The van der Waals surface area contributed by atoms with E-state index in [0.717, 1.165) is 11.1 Å². The van der Waals surface area contributed by atoms with Crippen LogP contribution in [0.2, 0.25) is 0 Å². The van der Waals surface area contributed by atoms with E-state index in [2.05, 4.69) is 10.3 Å². The molecule has 5 heteroatoms. The van der Waals surface area contributed by atoms with Gasteiger partial charge in [0.2, 0.25) is 0 Å². The van der Waals surface area contributed by atoms with Crippen molar-refractivity contribution >= 4 is 11.6 Å². The Morgan fingerprint density at radius 1 is 1.04 bits per heavy atom. The molecule has 1 amide bonds. The van der Waals surface area contributed by atoms with Crippen molar-refractivity contribution < 1.29 is 9.90 Å². The fraction of sp³-hybridized carbons (Fsp3) is 0.100. The van der Waals surface area contributed by atoms with Crippen molar-refractivity contribution in [3.05, 3.63) is 78.0 Å². The van der Waals surface area contributed by atoms with E-state index in [1.54, 1.807) is 24.3 Å². The minimum atomic E-state index is -0.218. The number of nitrogens with one attached hydrogen (secondary N) is 1. The van der Waals surface area contributed by atoms with Gasteiger partial charge in [0.05, 0.1) is 5.69 Å². The number of carbonyl (C=O) groups is 1. The fourth-order valence-corrected chi connectivity index (χ4v) is 2.49. The maximum Gasteiger partial charge on any atom is 0.269 e. The molecule has 2 aromatic carbocycles. The van der Waals surface area contributed by atoms with Crippen LogP contribution >= 0.6 is 0 Å². The van der Waals surface area contributed by atoms with E-state index in [9.17, 15) is 9.90 Å². The first-order valence-electron chi connectivity index (χ1n) is 8.01. The molecule has 0 bridgehead atoms. The van der Waals surface area contributed by atoms with Crippen molar-refractivity contribution in [2.24, 2.45) is 0 Å². The van der Waals surface area contributed by atoms with Gasteiger partial charge in [0.1, 0.15) is 11.4 Å². The number of pyridine rings is 1. The van der Waals surface area contributed by atoms with Crippen LogP contribution in [0.4, 0.5) is 5.69 Å². The Morgan fingerprint density at radius 3 is 2.56 bits per heavy atom. The topological polar surface area (TPSA) is 88.2 Å². The van der Waals surface area contributed by atoms with Crippen LogP contribution in [-0.2, 0) is 6.42 Å². The molecule has 1 heterocycles. The number of amides is 1. The molecular formula is C20H19N3O2. The van der Waals surface area contributed by atoms with Crippen molar-refractivity contribution in [1.82, 2.24) is 10.3 Å². The van der Waals surface area contributed by atoms with E-state index in [4.69, 9.17) is 5.73 Å². The monoisotopic (exact) mass is 333 g/mol. The summed E-state index contributed by atoms with van der Waals surface area (Å²) in [6.07, 6.45) is 0.681. The van der Waals surface area contributed by atoms with E-state index in [1.807, 2.05) is 42.5 Å². The Labute approximate surface area is 146 Å². The first-order valence-corrected chi connectivity index (χ1v) is 8.01. The quantitative estimate of drug-likeness (QED) is 0.626. The molecule has 0 aliphatic carbocycles. The van der Waals surface area contributed by atoms with Gasteiger partial charge in [-0.2, -0.15) is 0 Å². The minimum absolute atomic E-state index is 0.218. The molecule has 0 atom stereocenters. The summed E-state index contributed by atoms with van der Waals surface area (Å²) in [6.45, 7) is 0.494. The zero-order valence-electron chi connectivity index (χ0n) is 13.6. The smallest absolute Gasteiger partial charge is 0.269 e. The standard InChI is InChI=1S/C20H19N3O2/c21-16-4-1-3-15(13-16)18-5-2-6-19(23-18)20(25)22-12-11-14-7-9-17(24)10-8-14/h1-10,13,24H,11-12,21H2,(H,22,25). The fourth-order valence-electron chi connectivity index (χ4n) is 2.49. The van der Waals surface area contributed by atoms with Gasteiger partial charge in [-0.25, -0.2) is 4.98 Å². The van der Waals surface area contributed by atoms with Gasteiger partial charge in [0.15, 0.2) is 0 Å². The van der Waals surface area contributed by atoms with Crippen molar-refractivity contribution in [2.75, 3.05) is 12.3 Å². The van der Waals surface area contributed by atoms with Crippen LogP contribution in [0.1, 0.15) is 16.1 Å². The number of aromatic hydroxyl groups is 1. The van der Waals surface area contributed by atoms with Gasteiger partial charge in [-0.05, 0) is 48.4 Å². The Balaban J connectivity index is 1.64. The molecule has 0 spiro atoms. The van der Waals surface area contributed by atoms with Crippen molar-refractivity contribution in [1.29, 1.82) is 0 Å². The highest BCUT2D eigenvalue weighted by atomic mass is 16.3. The molecule has 0 aliphatic heterocycles. The summed E-state index contributed by atoms with van der Waals surface area (Å²) in [5, 5.41) is 12.1. The average molecular weight is 333 g/mol. The van der Waals surface area contributed by atoms with Crippen LogP contribution in [0.25, 0.3) is 11.3 Å². The number of anilines is 1. The number of carbonyl (C=O) groups excluding carboxylic acids is 1. The third-order valence-corrected chi connectivity index (χ3v) is 3.80. The van der Waals surface area contributed by atoms with Gasteiger partial charge in [-0.1, -0.05) is 30.3 Å². The van der Waals surface area contributed by atoms with E-state index < -0.39 is 0 Å². The molecule has 4 N–H and O–H groups in total. The maximum atomic E-state index is 12.3. The second-order valence-electron chi connectivity index (χ2n) is 5.71. The van der Waals surface area contributed by atoms with Crippen LogP contribution in [0, 0.1) is 0 Å². The molecular weight excluding hydrogens is 314 g/mol. The highest BCUT2D eigenvalue weighted by Crippen LogP contribution is 2.19. The van der Waals surface area contributed by atoms with Gasteiger partial charge in [-0.3, -0.25) is 4.79 Å². The predicted molar refractivity (Wildman–Crippen MR) is 98.2 cm³/mol. The molecule has 0 unspecified atom stereocenters. The third kappa shape index (κ3) is 4.35. The summed E-state index contributed by atoms with van der Waals surface area (Å²) in [5.41, 5.74) is 9.45. The molecule has 126 valence electrons. The van der Waals surface area contributed by atoms with Gasteiger partial charge in [-0.15, -0.1) is 0 Å². The lowest BCUT2D eigenvalue weighted by molar-refractivity contribution is 0.0949. The summed E-state index contributed by atoms with van der Waals surface area (Å²) < 4.78 is 0. The number of hydrogen-bond donors (Lipinski definition) is 3. The second-order valence-corrected chi connectivity index (χ2v) is 5.71. The number of rotatable bonds is 5. The number of phenolic OH excluding ortho intramolecular Hbond substituents is 1. The van der Waals surface area contributed by atoms with Crippen LogP contribution in [0.3, 0.4) is 0 Å². The zero-order valence-corrected chi connectivity index (χ0v) is 13.6. The van der Waals surface area contributed by atoms with Crippen LogP contribution < -0.4 is 11.1 Å². The molecule has 0 saturated heterocycles. The highest BCUT2D eigenvalue weighted by molar-refractivity contribution is 5.92. The molecule has 0 aliphatic rings. The molecule has 0 radical (unpaired) electrons. The largest absolute Gasteiger partial charge is 0.508 e. The summed E-state index contributed by atoms with van der Waals surface area (Å²) in [7, 11) is 0. The molecule has 3 aromatic rings. The third-order valence-electron chi connectivity index (χ3n) is 3.80. The van der Waals surface area contributed by atoms with Gasteiger partial charge < -0.3 is 16.2 Å². The Bertz CT molecular complexity index is 876. The zero-order chi connectivity index (χ0) is 17.6. The van der Waals surface area contributed by atoms with E-state index in [1.165, 1.54) is 0 Å². The molecule has 5 nitrogen and oxygen atoms in total. The van der Waals surface area contributed by atoms with Crippen LogP contribution in [-0.4, -0.2) is 22.5 Å². The van der Waals surface area contributed by atoms with E-state index in [-0.39, 0.29) is 11.7 Å². The highest BCUT2D eigenvalue weighted by Gasteiger charge is 2.09. The second kappa shape index (κ2) is 7.49. The number of benzene rings is 2. The first-order chi connectivity index (χ1) is 12.1. The maximum absolute atomic E-state index is 12.3. The Hall–Kier alpha value is -3.34. The van der Waals surface area contributed by atoms with Crippen molar-refractivity contribution in [2.45, 2.75) is 6.42 Å². The van der Waals surface area contributed by atoms with Gasteiger partial charge in [0, 0.05) is 17.8 Å². The summed E-state index contributed by atoms with van der Waals surface area (Å²) in [6, 6.07) is 19.7. The SMILES string of the molecule is Nc1cccc(-c2cccc(C(=O)NCCc3ccc(O)cc3)n2)c1. The molecule has 1 aromatic heterocycles. The predicted octanol–water partition coefficient (Wildman–Crippen LogP) is 3.01. The average Bonchev–Trinajstić information content (AvgIpc) is 2.63. The number of nitrogens with two attached hydrogens (primary N) is 1. The first kappa shape index (κ1) is 16.5. The number of nitrogen functional groups attached to an aromatic ring is 1. The van der Waals surface area contributed by atoms with Gasteiger partial charge in [0.25, 0.3) is 5.91 Å². The van der Waals surface area contributed by atoms with Crippen molar-refractivity contribution in [3.8, 4) is 17.0 Å². The lowest BCUT2D eigenvalue weighted by Crippen LogP contribution is -2.26. The molecule has 0 fully saturated rings. The number of nitrogens with zero attached hydrogens (tertiary/aromatic N) is 1. The minimum Gasteiger partial charge on any atom is -0.508 e. The molecule has 25 heavy (non-hydrogen) atoms. The number of aromatic nitrogens is 1. The summed E-state index contributed by atoms with van der Waals surface area (Å²) >= 11 is 0. The normalized spacial score (nSPS) is 10.4. The summed E-state index contributed by atoms with van der Waals surface area (Å²) in [4.78, 5) is 16.7. The van der Waals surface area contributed by atoms with E-state index >= 15 is 0 Å². The van der Waals surface area contributed by atoms with Gasteiger partial charge >= 0.3 is 0 Å². The van der Waals surface area contributed by atoms with Crippen molar-refractivity contribution in [3.63, 3.8) is 0 Å². The molecule has 0 saturated carbocycles. The van der Waals surface area contributed by atoms with Crippen LogP contribution in [0.5, 0.6) is 5.75 Å². The summed E-state index contributed by atoms with van der Waals surface area (Å²) in [5.74, 6) is 0.0138.